The van der Waals surface area contributed by atoms with E-state index < -0.39 is 0 Å². The molecule has 3 aromatic rings. The zero-order chi connectivity index (χ0) is 18.4. The minimum atomic E-state index is 0.612. The summed E-state index contributed by atoms with van der Waals surface area (Å²) in [5, 5.41) is 4.26. The summed E-state index contributed by atoms with van der Waals surface area (Å²) in [5.74, 6) is 2.27. The highest BCUT2D eigenvalue weighted by Crippen LogP contribution is 2.30. The molecule has 0 spiro atoms. The maximum atomic E-state index is 5.95. The second-order valence-electron chi connectivity index (χ2n) is 6.09. The SMILES string of the molecule is CCOc1ccccc1-c1nc(CN(CC)CCn2cccn2)c(C)o1. The Morgan fingerprint density at radius 2 is 2.04 bits per heavy atom. The van der Waals surface area contributed by atoms with Gasteiger partial charge >= 0.3 is 0 Å². The first-order valence-electron chi connectivity index (χ1n) is 9.09. The summed E-state index contributed by atoms with van der Waals surface area (Å²) in [7, 11) is 0. The van der Waals surface area contributed by atoms with Gasteiger partial charge in [-0.15, -0.1) is 0 Å². The van der Waals surface area contributed by atoms with Crippen LogP contribution in [0.3, 0.4) is 0 Å². The van der Waals surface area contributed by atoms with Crippen LogP contribution in [-0.4, -0.2) is 39.4 Å². The monoisotopic (exact) mass is 354 g/mol. The highest BCUT2D eigenvalue weighted by molar-refractivity contribution is 5.63. The van der Waals surface area contributed by atoms with E-state index in [2.05, 4.69) is 16.9 Å². The minimum absolute atomic E-state index is 0.612. The summed E-state index contributed by atoms with van der Waals surface area (Å²) in [4.78, 5) is 7.08. The van der Waals surface area contributed by atoms with Crippen molar-refractivity contribution in [1.82, 2.24) is 19.7 Å². The molecule has 0 aliphatic carbocycles. The van der Waals surface area contributed by atoms with Gasteiger partial charge in [0.2, 0.25) is 5.89 Å². The molecular weight excluding hydrogens is 328 g/mol. The van der Waals surface area contributed by atoms with Gasteiger partial charge in [-0.1, -0.05) is 19.1 Å². The van der Waals surface area contributed by atoms with E-state index in [4.69, 9.17) is 14.1 Å². The predicted molar refractivity (Wildman–Crippen MR) is 101 cm³/mol. The molecule has 0 saturated carbocycles. The lowest BCUT2D eigenvalue weighted by molar-refractivity contribution is 0.259. The summed E-state index contributed by atoms with van der Waals surface area (Å²) in [6, 6.07) is 9.80. The van der Waals surface area contributed by atoms with Gasteiger partial charge in [-0.2, -0.15) is 5.10 Å². The van der Waals surface area contributed by atoms with Gasteiger partial charge < -0.3 is 9.15 Å². The molecule has 0 radical (unpaired) electrons. The first-order valence-corrected chi connectivity index (χ1v) is 9.09. The number of hydrogen-bond donors (Lipinski definition) is 0. The van der Waals surface area contributed by atoms with E-state index in [1.54, 1.807) is 6.20 Å². The van der Waals surface area contributed by atoms with Crippen molar-refractivity contribution < 1.29 is 9.15 Å². The number of ether oxygens (including phenoxy) is 1. The van der Waals surface area contributed by atoms with Crippen LogP contribution in [0, 0.1) is 6.92 Å². The number of likely N-dealkylation sites (N-methyl/N-ethyl adjacent to an activating group) is 1. The van der Waals surface area contributed by atoms with Crippen molar-refractivity contribution in [3.63, 3.8) is 0 Å². The van der Waals surface area contributed by atoms with Crippen LogP contribution in [0.5, 0.6) is 5.75 Å². The lowest BCUT2D eigenvalue weighted by Gasteiger charge is -2.19. The summed E-state index contributed by atoms with van der Waals surface area (Å²) in [6.45, 7) is 10.2. The van der Waals surface area contributed by atoms with Gasteiger partial charge in [-0.25, -0.2) is 4.98 Å². The number of aromatic nitrogens is 3. The second kappa shape index (κ2) is 8.67. The molecule has 0 aliphatic heterocycles. The molecule has 2 heterocycles. The lowest BCUT2D eigenvalue weighted by Crippen LogP contribution is -2.27. The summed E-state index contributed by atoms with van der Waals surface area (Å²) in [6.07, 6.45) is 3.79. The Morgan fingerprint density at radius 3 is 2.77 bits per heavy atom. The molecule has 1 aromatic carbocycles. The summed E-state index contributed by atoms with van der Waals surface area (Å²) < 4.78 is 13.6. The van der Waals surface area contributed by atoms with Gasteiger partial charge in [0.25, 0.3) is 0 Å². The second-order valence-corrected chi connectivity index (χ2v) is 6.09. The van der Waals surface area contributed by atoms with Crippen LogP contribution in [0.25, 0.3) is 11.5 Å². The Hall–Kier alpha value is -2.60. The molecule has 138 valence electrons. The predicted octanol–water partition coefficient (Wildman–Crippen LogP) is 3.77. The number of para-hydroxylation sites is 1. The number of rotatable bonds is 9. The van der Waals surface area contributed by atoms with Crippen molar-refractivity contribution >= 4 is 0 Å². The number of aryl methyl sites for hydroxylation is 1. The Bertz CT molecular complexity index is 811. The third kappa shape index (κ3) is 4.32. The third-order valence-electron chi connectivity index (χ3n) is 4.34. The van der Waals surface area contributed by atoms with E-state index in [1.165, 1.54) is 0 Å². The summed E-state index contributed by atoms with van der Waals surface area (Å²) >= 11 is 0. The average Bonchev–Trinajstić information content (AvgIpc) is 3.29. The van der Waals surface area contributed by atoms with Crippen molar-refractivity contribution in [2.75, 3.05) is 19.7 Å². The molecule has 26 heavy (non-hydrogen) atoms. The van der Waals surface area contributed by atoms with Crippen LogP contribution in [0.15, 0.2) is 47.1 Å². The van der Waals surface area contributed by atoms with Crippen molar-refractivity contribution in [2.24, 2.45) is 0 Å². The first kappa shape index (κ1) is 18.2. The van der Waals surface area contributed by atoms with Crippen molar-refractivity contribution in [2.45, 2.75) is 33.9 Å². The van der Waals surface area contributed by atoms with Crippen molar-refractivity contribution in [1.29, 1.82) is 0 Å². The largest absolute Gasteiger partial charge is 0.493 e. The topological polar surface area (TPSA) is 56.3 Å². The first-order chi connectivity index (χ1) is 12.7. The Labute approximate surface area is 154 Å². The van der Waals surface area contributed by atoms with E-state index in [0.717, 1.165) is 48.9 Å². The highest BCUT2D eigenvalue weighted by Gasteiger charge is 2.17. The quantitative estimate of drug-likeness (QED) is 0.585. The van der Waals surface area contributed by atoms with Crippen LogP contribution in [0.2, 0.25) is 0 Å². The molecule has 2 aromatic heterocycles. The smallest absolute Gasteiger partial charge is 0.230 e. The highest BCUT2D eigenvalue weighted by atomic mass is 16.5. The Balaban J connectivity index is 1.73. The van der Waals surface area contributed by atoms with Crippen LogP contribution >= 0.6 is 0 Å². The number of oxazole rings is 1. The van der Waals surface area contributed by atoms with E-state index in [-0.39, 0.29) is 0 Å². The molecule has 6 nitrogen and oxygen atoms in total. The maximum Gasteiger partial charge on any atom is 0.230 e. The molecule has 6 heteroatoms. The summed E-state index contributed by atoms with van der Waals surface area (Å²) in [5.41, 5.74) is 1.86. The molecule has 0 aliphatic rings. The Kier molecular flexibility index (Phi) is 6.07. The molecule has 0 bridgehead atoms. The molecule has 3 rings (SSSR count). The van der Waals surface area contributed by atoms with E-state index in [9.17, 15) is 0 Å². The molecule has 0 atom stereocenters. The Morgan fingerprint density at radius 1 is 1.19 bits per heavy atom. The molecule has 0 fully saturated rings. The fourth-order valence-electron chi connectivity index (χ4n) is 2.85. The van der Waals surface area contributed by atoms with Gasteiger partial charge in [0.15, 0.2) is 0 Å². The fraction of sp³-hybridized carbons (Fsp3) is 0.400. The fourth-order valence-corrected chi connectivity index (χ4v) is 2.85. The number of hydrogen-bond acceptors (Lipinski definition) is 5. The zero-order valence-corrected chi connectivity index (χ0v) is 15.7. The zero-order valence-electron chi connectivity index (χ0n) is 15.7. The van der Waals surface area contributed by atoms with Crippen molar-refractivity contribution in [3.8, 4) is 17.2 Å². The van der Waals surface area contributed by atoms with Gasteiger partial charge in [0.1, 0.15) is 11.5 Å². The van der Waals surface area contributed by atoms with Crippen LogP contribution < -0.4 is 4.74 Å². The molecule has 0 amide bonds. The average molecular weight is 354 g/mol. The minimum Gasteiger partial charge on any atom is -0.493 e. The molecule has 0 unspecified atom stereocenters. The normalized spacial score (nSPS) is 11.2. The van der Waals surface area contributed by atoms with Crippen molar-refractivity contribution in [3.05, 3.63) is 54.2 Å². The third-order valence-corrected chi connectivity index (χ3v) is 4.34. The maximum absolute atomic E-state index is 5.95. The van der Waals surface area contributed by atoms with E-state index in [0.29, 0.717) is 12.5 Å². The molecule has 0 N–H and O–H groups in total. The lowest BCUT2D eigenvalue weighted by atomic mass is 10.2. The molecule has 0 saturated heterocycles. The van der Waals surface area contributed by atoms with Gasteiger partial charge in [-0.05, 0) is 38.6 Å². The van der Waals surface area contributed by atoms with E-state index >= 15 is 0 Å². The standard InChI is InChI=1S/C20H26N4O2/c1-4-23(13-14-24-12-8-11-21-24)15-18-16(3)26-20(22-18)17-9-6-7-10-19(17)25-5-2/h6-12H,4-5,13-15H2,1-3H3. The molecular formula is C20H26N4O2. The van der Waals surface area contributed by atoms with Crippen LogP contribution in [0.4, 0.5) is 0 Å². The van der Waals surface area contributed by atoms with E-state index in [1.807, 2.05) is 55.1 Å². The number of nitrogens with zero attached hydrogens (tertiary/aromatic N) is 4. The van der Waals surface area contributed by atoms with Crippen LogP contribution in [-0.2, 0) is 13.1 Å². The van der Waals surface area contributed by atoms with Crippen LogP contribution in [0.1, 0.15) is 25.3 Å². The number of benzene rings is 1. The van der Waals surface area contributed by atoms with Gasteiger partial charge in [0.05, 0.1) is 24.4 Å². The van der Waals surface area contributed by atoms with Gasteiger partial charge in [-0.3, -0.25) is 9.58 Å². The van der Waals surface area contributed by atoms with Gasteiger partial charge in [0, 0.05) is 25.5 Å².